The quantitative estimate of drug-likeness (QED) is 0.243. The van der Waals surface area contributed by atoms with Crippen LogP contribution in [0.4, 0.5) is 11.4 Å². The summed E-state index contributed by atoms with van der Waals surface area (Å²) in [4.78, 5) is 28.9. The maximum atomic E-state index is 13.1. The number of H-pyrrole nitrogens is 2. The van der Waals surface area contributed by atoms with Gasteiger partial charge in [-0.2, -0.15) is 10.5 Å². The normalized spacial score (nSPS) is 10.7. The second-order valence-electron chi connectivity index (χ2n) is 7.94. The van der Waals surface area contributed by atoms with Crippen LogP contribution in [0.2, 0.25) is 10.0 Å². The highest BCUT2D eigenvalue weighted by atomic mass is 35.5. The summed E-state index contributed by atoms with van der Waals surface area (Å²) in [6, 6.07) is 18.8. The maximum Gasteiger partial charge on any atom is 0.272 e. The van der Waals surface area contributed by atoms with Crippen molar-refractivity contribution in [2.75, 3.05) is 10.6 Å². The summed E-state index contributed by atoms with van der Waals surface area (Å²) >= 11 is 12.4. The second-order valence-corrected chi connectivity index (χ2v) is 8.75. The third-order valence-corrected chi connectivity index (χ3v) is 6.27. The fourth-order valence-corrected chi connectivity index (χ4v) is 4.34. The Bertz CT molecular complexity index is 1670. The number of hydrogen-bond acceptors (Lipinski definition) is 6. The number of rotatable bonds is 6. The van der Waals surface area contributed by atoms with E-state index >= 15 is 0 Å². The van der Waals surface area contributed by atoms with Gasteiger partial charge in [-0.15, -0.1) is 10.2 Å². The van der Waals surface area contributed by atoms with Crippen molar-refractivity contribution in [3.05, 3.63) is 87.5 Å². The van der Waals surface area contributed by atoms with Gasteiger partial charge in [-0.05, 0) is 53.2 Å². The molecule has 2 heterocycles. The van der Waals surface area contributed by atoms with E-state index in [0.29, 0.717) is 43.6 Å². The van der Waals surface area contributed by atoms with Crippen molar-refractivity contribution in [2.24, 2.45) is 0 Å². The molecule has 0 aliphatic heterocycles. The minimum atomic E-state index is -0.439. The van der Waals surface area contributed by atoms with Crippen molar-refractivity contribution in [1.29, 1.82) is 5.26 Å². The Morgan fingerprint density at radius 3 is 2.49 bits per heavy atom. The standard InChI is InChI=1S/C25H16Cl2N8O2/c26-17-4-2-5-18(27)15(17)11-22(36)29-20-6-1-3-14-10-21(30-23(14)20)25(37)31-19-8-7-13(12-28)9-16(19)24-32-34-35-33-24/h1-10,30H,11H2,(H,29,36)(H,31,37)(H,32,33,34,35). The van der Waals surface area contributed by atoms with Gasteiger partial charge in [0.05, 0.1) is 34.9 Å². The Balaban J connectivity index is 1.39. The van der Waals surface area contributed by atoms with Crippen LogP contribution in [0.3, 0.4) is 0 Å². The Labute approximate surface area is 219 Å². The highest BCUT2D eigenvalue weighted by Crippen LogP contribution is 2.29. The average molecular weight is 531 g/mol. The zero-order valence-corrected chi connectivity index (χ0v) is 20.4. The molecule has 0 unspecified atom stereocenters. The SMILES string of the molecule is N#Cc1ccc(NC(=O)c2cc3cccc(NC(=O)Cc4c(Cl)cccc4Cl)c3[nH]2)c(-c2nn[nH]n2)c1. The number of benzene rings is 3. The molecule has 0 saturated heterocycles. The van der Waals surface area contributed by atoms with Gasteiger partial charge in [-0.25, -0.2) is 0 Å². The van der Waals surface area contributed by atoms with Crippen molar-refractivity contribution >= 4 is 57.3 Å². The number of aromatic amines is 2. The third-order valence-electron chi connectivity index (χ3n) is 5.56. The molecule has 0 bridgehead atoms. The number of para-hydroxylation sites is 1. The van der Waals surface area contributed by atoms with E-state index in [-0.39, 0.29) is 23.8 Å². The highest BCUT2D eigenvalue weighted by Gasteiger charge is 2.18. The van der Waals surface area contributed by atoms with Crippen LogP contribution < -0.4 is 10.6 Å². The van der Waals surface area contributed by atoms with Gasteiger partial charge < -0.3 is 15.6 Å². The van der Waals surface area contributed by atoms with Gasteiger partial charge in [0, 0.05) is 21.0 Å². The summed E-state index contributed by atoms with van der Waals surface area (Å²) in [5.74, 6) is -0.524. The van der Waals surface area contributed by atoms with Crippen molar-refractivity contribution in [1.82, 2.24) is 25.6 Å². The van der Waals surface area contributed by atoms with Gasteiger partial charge in [0.15, 0.2) is 0 Å². The van der Waals surface area contributed by atoms with Crippen LogP contribution in [0.1, 0.15) is 21.6 Å². The zero-order chi connectivity index (χ0) is 25.9. The number of halogens is 2. The number of anilines is 2. The van der Waals surface area contributed by atoms with E-state index < -0.39 is 5.91 Å². The molecule has 0 aliphatic carbocycles. The predicted octanol–water partition coefficient (Wildman–Crippen LogP) is 4.96. The topological polar surface area (TPSA) is 152 Å². The molecule has 0 atom stereocenters. The van der Waals surface area contributed by atoms with Crippen LogP contribution in [-0.2, 0) is 11.2 Å². The number of tetrazole rings is 1. The molecule has 37 heavy (non-hydrogen) atoms. The van der Waals surface area contributed by atoms with Gasteiger partial charge in [0.1, 0.15) is 5.69 Å². The molecule has 5 rings (SSSR count). The smallest absolute Gasteiger partial charge is 0.272 e. The molecule has 0 radical (unpaired) electrons. The zero-order valence-electron chi connectivity index (χ0n) is 18.8. The molecule has 182 valence electrons. The lowest BCUT2D eigenvalue weighted by Gasteiger charge is -2.09. The van der Waals surface area contributed by atoms with Gasteiger partial charge in [-0.3, -0.25) is 9.59 Å². The van der Waals surface area contributed by atoms with E-state index in [2.05, 4.69) is 36.2 Å². The first-order chi connectivity index (χ1) is 17.9. The minimum absolute atomic E-state index is 0.0134. The fourth-order valence-electron chi connectivity index (χ4n) is 3.81. The fraction of sp³-hybridized carbons (Fsp3) is 0.0400. The van der Waals surface area contributed by atoms with E-state index in [1.54, 1.807) is 54.6 Å². The number of hydrogen-bond donors (Lipinski definition) is 4. The van der Waals surface area contributed by atoms with E-state index in [9.17, 15) is 14.9 Å². The lowest BCUT2D eigenvalue weighted by Crippen LogP contribution is -2.15. The van der Waals surface area contributed by atoms with Gasteiger partial charge >= 0.3 is 0 Å². The second kappa shape index (κ2) is 10.1. The molecule has 0 fully saturated rings. The molecule has 3 aromatic carbocycles. The molecule has 0 spiro atoms. The highest BCUT2D eigenvalue weighted by molar-refractivity contribution is 6.36. The molecule has 4 N–H and O–H groups in total. The first-order valence-corrected chi connectivity index (χ1v) is 11.6. The number of nitrogens with zero attached hydrogens (tertiary/aromatic N) is 4. The van der Waals surface area contributed by atoms with Gasteiger partial charge in [-0.1, -0.05) is 41.4 Å². The van der Waals surface area contributed by atoms with Gasteiger partial charge in [0.2, 0.25) is 11.7 Å². The molecule has 10 nitrogen and oxygen atoms in total. The van der Waals surface area contributed by atoms with Crippen molar-refractivity contribution in [2.45, 2.75) is 6.42 Å². The van der Waals surface area contributed by atoms with Crippen LogP contribution in [0, 0.1) is 11.3 Å². The first kappa shape index (κ1) is 24.0. The average Bonchev–Trinajstić information content (AvgIpc) is 3.58. The van der Waals surface area contributed by atoms with E-state index in [4.69, 9.17) is 23.2 Å². The summed E-state index contributed by atoms with van der Waals surface area (Å²) < 4.78 is 0. The molecule has 12 heteroatoms. The van der Waals surface area contributed by atoms with Crippen molar-refractivity contribution < 1.29 is 9.59 Å². The van der Waals surface area contributed by atoms with Gasteiger partial charge in [0.25, 0.3) is 5.91 Å². The van der Waals surface area contributed by atoms with E-state index in [0.717, 1.165) is 5.39 Å². The van der Waals surface area contributed by atoms with Crippen LogP contribution in [-0.4, -0.2) is 37.4 Å². The van der Waals surface area contributed by atoms with Crippen LogP contribution >= 0.6 is 23.2 Å². The third kappa shape index (κ3) is 4.99. The molecule has 0 saturated carbocycles. The minimum Gasteiger partial charge on any atom is -0.349 e. The summed E-state index contributed by atoms with van der Waals surface area (Å²) in [5.41, 5.74) is 3.07. The number of carbonyl (C=O) groups is 2. The predicted molar refractivity (Wildman–Crippen MR) is 139 cm³/mol. The Kier molecular flexibility index (Phi) is 6.55. The Morgan fingerprint density at radius 2 is 1.76 bits per heavy atom. The molecule has 2 amide bonds. The summed E-state index contributed by atoms with van der Waals surface area (Å²) in [6.07, 6.45) is -0.0134. The van der Waals surface area contributed by atoms with Crippen molar-refractivity contribution in [3.8, 4) is 17.5 Å². The number of fused-ring (bicyclic) bond motifs is 1. The summed E-state index contributed by atoms with van der Waals surface area (Å²) in [6.45, 7) is 0. The molecular weight excluding hydrogens is 515 g/mol. The Morgan fingerprint density at radius 1 is 0.973 bits per heavy atom. The molecule has 5 aromatic rings. The lowest BCUT2D eigenvalue weighted by molar-refractivity contribution is -0.115. The molecule has 0 aliphatic rings. The lowest BCUT2D eigenvalue weighted by atomic mass is 10.1. The first-order valence-electron chi connectivity index (χ1n) is 10.9. The monoisotopic (exact) mass is 530 g/mol. The maximum absolute atomic E-state index is 13.1. The van der Waals surface area contributed by atoms with E-state index in [1.165, 1.54) is 0 Å². The summed E-state index contributed by atoms with van der Waals surface area (Å²) in [7, 11) is 0. The van der Waals surface area contributed by atoms with Crippen molar-refractivity contribution in [3.63, 3.8) is 0 Å². The summed E-state index contributed by atoms with van der Waals surface area (Å²) in [5, 5.41) is 30.2. The number of carbonyl (C=O) groups excluding carboxylic acids is 2. The number of nitriles is 1. The van der Waals surface area contributed by atoms with E-state index in [1.807, 2.05) is 12.1 Å². The number of aromatic nitrogens is 5. The molecule has 2 aromatic heterocycles. The largest absolute Gasteiger partial charge is 0.349 e. The number of nitrogens with one attached hydrogen (secondary N) is 4. The Hall–Kier alpha value is -4.72. The van der Waals surface area contributed by atoms with Crippen LogP contribution in [0.25, 0.3) is 22.3 Å². The van der Waals surface area contributed by atoms with Crippen LogP contribution in [0.15, 0.2) is 60.7 Å². The number of amides is 2. The molecular formula is C25H16Cl2N8O2. The van der Waals surface area contributed by atoms with Crippen LogP contribution in [0.5, 0.6) is 0 Å².